The van der Waals surface area contributed by atoms with Crippen molar-refractivity contribution in [3.05, 3.63) is 56.6 Å². The molecule has 0 atom stereocenters. The lowest BCUT2D eigenvalue weighted by atomic mass is 10.1. The Hall–Kier alpha value is -2.61. The van der Waals surface area contributed by atoms with Crippen LogP contribution in [-0.2, 0) is 0 Å². The average molecular weight is 331 g/mol. The van der Waals surface area contributed by atoms with Gasteiger partial charge in [0, 0.05) is 40.1 Å². The quantitative estimate of drug-likeness (QED) is 0.607. The third-order valence-electron chi connectivity index (χ3n) is 3.56. The SMILES string of the molecule is CC(C)N1c2ccc([N+](=O)[O-])cc2Sc2ccc([N+](=O)[O-])cc21. The molecule has 1 aliphatic heterocycles. The zero-order chi connectivity index (χ0) is 16.7. The second kappa shape index (κ2) is 5.54. The van der Waals surface area contributed by atoms with Gasteiger partial charge in [0.15, 0.2) is 0 Å². The van der Waals surface area contributed by atoms with E-state index in [4.69, 9.17) is 0 Å². The maximum atomic E-state index is 11.0. The largest absolute Gasteiger partial charge is 0.337 e. The lowest BCUT2D eigenvalue weighted by Gasteiger charge is -2.35. The molecule has 0 radical (unpaired) electrons. The van der Waals surface area contributed by atoms with Crippen molar-refractivity contribution in [3.63, 3.8) is 0 Å². The van der Waals surface area contributed by atoms with Crippen LogP contribution in [-0.4, -0.2) is 15.9 Å². The maximum Gasteiger partial charge on any atom is 0.271 e. The molecule has 0 aliphatic carbocycles. The summed E-state index contributed by atoms with van der Waals surface area (Å²) in [6.45, 7) is 3.95. The smallest absolute Gasteiger partial charge is 0.271 e. The molecule has 0 N–H and O–H groups in total. The molecule has 0 bridgehead atoms. The first-order chi connectivity index (χ1) is 10.9. The highest BCUT2D eigenvalue weighted by Crippen LogP contribution is 2.50. The molecule has 0 fully saturated rings. The van der Waals surface area contributed by atoms with Crippen LogP contribution in [0.15, 0.2) is 46.2 Å². The minimum Gasteiger partial charge on any atom is -0.337 e. The number of non-ortho nitro benzene ring substituents is 2. The third kappa shape index (κ3) is 2.61. The highest BCUT2D eigenvalue weighted by Gasteiger charge is 2.28. The summed E-state index contributed by atoms with van der Waals surface area (Å²) in [5, 5.41) is 22.0. The summed E-state index contributed by atoms with van der Waals surface area (Å²) < 4.78 is 0. The number of nitro benzene ring substituents is 2. The molecule has 0 amide bonds. The van der Waals surface area contributed by atoms with Gasteiger partial charge in [0.2, 0.25) is 0 Å². The van der Waals surface area contributed by atoms with Gasteiger partial charge in [-0.05, 0) is 26.0 Å². The Labute approximate surface area is 136 Å². The molecule has 118 valence electrons. The molecule has 1 aliphatic rings. The Morgan fingerprint density at radius 3 is 2.13 bits per heavy atom. The maximum absolute atomic E-state index is 11.0. The number of nitrogens with zero attached hydrogens (tertiary/aromatic N) is 3. The Kier molecular flexibility index (Phi) is 3.69. The van der Waals surface area contributed by atoms with Crippen LogP contribution in [0.1, 0.15) is 13.8 Å². The summed E-state index contributed by atoms with van der Waals surface area (Å²) in [7, 11) is 0. The van der Waals surface area contributed by atoms with Crippen LogP contribution in [0.5, 0.6) is 0 Å². The summed E-state index contributed by atoms with van der Waals surface area (Å²) in [4.78, 5) is 24.7. The van der Waals surface area contributed by atoms with Crippen LogP contribution >= 0.6 is 11.8 Å². The fraction of sp³-hybridized carbons (Fsp3) is 0.200. The van der Waals surface area contributed by atoms with Crippen LogP contribution < -0.4 is 4.90 Å². The standard InChI is InChI=1S/C15H13N3O4S/c1-9(2)16-12-5-3-11(18(21)22)8-15(12)23-14-6-4-10(17(19)20)7-13(14)16/h3-9H,1-2H3. The van der Waals surface area contributed by atoms with E-state index >= 15 is 0 Å². The fourth-order valence-electron chi connectivity index (χ4n) is 2.60. The lowest BCUT2D eigenvalue weighted by Crippen LogP contribution is -2.28. The van der Waals surface area contributed by atoms with Gasteiger partial charge in [-0.1, -0.05) is 11.8 Å². The monoisotopic (exact) mass is 331 g/mol. The van der Waals surface area contributed by atoms with Crippen molar-refractivity contribution < 1.29 is 9.85 Å². The molecular weight excluding hydrogens is 318 g/mol. The molecule has 0 spiro atoms. The van der Waals surface area contributed by atoms with Gasteiger partial charge < -0.3 is 4.90 Å². The zero-order valence-corrected chi connectivity index (χ0v) is 13.2. The van der Waals surface area contributed by atoms with Gasteiger partial charge in [0.1, 0.15) is 0 Å². The molecule has 7 nitrogen and oxygen atoms in total. The van der Waals surface area contributed by atoms with Crippen molar-refractivity contribution in [1.29, 1.82) is 0 Å². The summed E-state index contributed by atoms with van der Waals surface area (Å²) in [6, 6.07) is 9.44. The molecule has 1 heterocycles. The molecule has 3 rings (SSSR count). The van der Waals surface area contributed by atoms with Crippen LogP contribution in [0.3, 0.4) is 0 Å². The van der Waals surface area contributed by atoms with Crippen molar-refractivity contribution in [2.75, 3.05) is 4.90 Å². The van der Waals surface area contributed by atoms with E-state index in [0.29, 0.717) is 0 Å². The predicted octanol–water partition coefficient (Wildman–Crippen LogP) is 4.51. The Morgan fingerprint density at radius 2 is 1.52 bits per heavy atom. The molecule has 0 aromatic heterocycles. The van der Waals surface area contributed by atoms with Crippen LogP contribution in [0.2, 0.25) is 0 Å². The Morgan fingerprint density at radius 1 is 0.913 bits per heavy atom. The number of benzene rings is 2. The molecular formula is C15H13N3O4S. The van der Waals surface area contributed by atoms with Crippen molar-refractivity contribution in [2.45, 2.75) is 29.7 Å². The molecule has 2 aromatic rings. The fourth-order valence-corrected chi connectivity index (χ4v) is 3.68. The van der Waals surface area contributed by atoms with E-state index in [2.05, 4.69) is 0 Å². The number of rotatable bonds is 3. The topological polar surface area (TPSA) is 89.5 Å². The van der Waals surface area contributed by atoms with Crippen molar-refractivity contribution in [2.24, 2.45) is 0 Å². The van der Waals surface area contributed by atoms with Crippen molar-refractivity contribution in [1.82, 2.24) is 0 Å². The predicted molar refractivity (Wildman–Crippen MR) is 87.6 cm³/mol. The second-order valence-corrected chi connectivity index (χ2v) is 6.47. The van der Waals surface area contributed by atoms with Crippen LogP contribution in [0.25, 0.3) is 0 Å². The van der Waals surface area contributed by atoms with E-state index in [9.17, 15) is 20.2 Å². The van der Waals surface area contributed by atoms with Crippen molar-refractivity contribution >= 4 is 34.5 Å². The normalized spacial score (nSPS) is 12.7. The van der Waals surface area contributed by atoms with Gasteiger partial charge in [0.25, 0.3) is 11.4 Å². The first-order valence-electron chi connectivity index (χ1n) is 6.92. The first kappa shape index (κ1) is 15.3. The van der Waals surface area contributed by atoms with E-state index in [1.165, 1.54) is 23.9 Å². The van der Waals surface area contributed by atoms with E-state index in [0.717, 1.165) is 21.2 Å². The summed E-state index contributed by atoms with van der Waals surface area (Å²) in [5.41, 5.74) is 1.63. The van der Waals surface area contributed by atoms with Crippen LogP contribution in [0, 0.1) is 20.2 Å². The number of nitro groups is 2. The van der Waals surface area contributed by atoms with Gasteiger partial charge >= 0.3 is 0 Å². The number of anilines is 2. The van der Waals surface area contributed by atoms with Crippen molar-refractivity contribution in [3.8, 4) is 0 Å². The van der Waals surface area contributed by atoms with Gasteiger partial charge in [-0.25, -0.2) is 0 Å². The van der Waals surface area contributed by atoms with E-state index in [1.807, 2.05) is 18.7 Å². The second-order valence-electron chi connectivity index (χ2n) is 5.38. The number of hydrogen-bond donors (Lipinski definition) is 0. The van der Waals surface area contributed by atoms with Gasteiger partial charge in [-0.2, -0.15) is 0 Å². The average Bonchev–Trinajstić information content (AvgIpc) is 2.50. The number of fused-ring (bicyclic) bond motifs is 2. The molecule has 23 heavy (non-hydrogen) atoms. The Balaban J connectivity index is 2.17. The number of hydrogen-bond acceptors (Lipinski definition) is 6. The minimum absolute atomic E-state index is 0.0281. The summed E-state index contributed by atoms with van der Waals surface area (Å²) in [5.74, 6) is 0. The van der Waals surface area contributed by atoms with E-state index < -0.39 is 9.85 Å². The van der Waals surface area contributed by atoms with E-state index in [-0.39, 0.29) is 17.4 Å². The Bertz CT molecular complexity index is 822. The molecule has 0 unspecified atom stereocenters. The van der Waals surface area contributed by atoms with Gasteiger partial charge in [0.05, 0.1) is 21.2 Å². The van der Waals surface area contributed by atoms with Crippen LogP contribution in [0.4, 0.5) is 22.7 Å². The molecule has 8 heteroatoms. The third-order valence-corrected chi connectivity index (χ3v) is 4.67. The first-order valence-corrected chi connectivity index (χ1v) is 7.74. The highest BCUT2D eigenvalue weighted by atomic mass is 32.2. The highest BCUT2D eigenvalue weighted by molar-refractivity contribution is 7.99. The van der Waals surface area contributed by atoms with Gasteiger partial charge in [-0.15, -0.1) is 0 Å². The zero-order valence-electron chi connectivity index (χ0n) is 12.4. The summed E-state index contributed by atoms with van der Waals surface area (Å²) >= 11 is 1.39. The minimum atomic E-state index is -0.425. The molecule has 0 saturated heterocycles. The van der Waals surface area contributed by atoms with E-state index in [1.54, 1.807) is 24.3 Å². The lowest BCUT2D eigenvalue weighted by molar-refractivity contribution is -0.385. The van der Waals surface area contributed by atoms with Gasteiger partial charge in [-0.3, -0.25) is 20.2 Å². The molecule has 0 saturated carbocycles. The summed E-state index contributed by atoms with van der Waals surface area (Å²) in [6.07, 6.45) is 0. The molecule has 2 aromatic carbocycles.